The maximum Gasteiger partial charge on any atom is 0.329 e. The van der Waals surface area contributed by atoms with Crippen molar-refractivity contribution in [3.8, 4) is 0 Å². The third-order valence-electron chi connectivity index (χ3n) is 4.58. The van der Waals surface area contributed by atoms with Crippen LogP contribution in [0.3, 0.4) is 0 Å². The monoisotopic (exact) mass is 284 g/mol. The van der Waals surface area contributed by atoms with Gasteiger partial charge in [0.05, 0.1) is 0 Å². The minimum atomic E-state index is -1.16. The molecule has 0 unspecified atom stereocenters. The first kappa shape index (κ1) is 15.1. The highest BCUT2D eigenvalue weighted by Crippen LogP contribution is 2.23. The van der Waals surface area contributed by atoms with Crippen LogP contribution in [0.4, 0.5) is 4.79 Å². The molecular formula is C14H24N2O4. The Bertz CT molecular complexity index is 358. The van der Waals surface area contributed by atoms with E-state index < -0.39 is 11.5 Å². The van der Waals surface area contributed by atoms with Crippen molar-refractivity contribution in [2.24, 2.45) is 5.92 Å². The summed E-state index contributed by atoms with van der Waals surface area (Å²) in [6, 6.07) is -0.246. The molecule has 2 heterocycles. The molecule has 2 saturated heterocycles. The number of likely N-dealkylation sites (tertiary alicyclic amines) is 1. The van der Waals surface area contributed by atoms with E-state index in [0.29, 0.717) is 32.0 Å². The van der Waals surface area contributed by atoms with Gasteiger partial charge in [-0.3, -0.25) is 0 Å². The third-order valence-corrected chi connectivity index (χ3v) is 4.58. The fourth-order valence-corrected chi connectivity index (χ4v) is 2.94. The molecule has 0 radical (unpaired) electrons. The Labute approximate surface area is 119 Å². The lowest BCUT2D eigenvalue weighted by molar-refractivity contribution is -0.148. The zero-order chi connectivity index (χ0) is 14.6. The molecule has 0 aromatic rings. The number of nitrogens with one attached hydrogen (secondary N) is 1. The molecule has 0 bridgehead atoms. The maximum absolute atomic E-state index is 12.3. The molecule has 2 aliphatic rings. The Kier molecular flexibility index (Phi) is 4.86. The van der Waals surface area contributed by atoms with Gasteiger partial charge in [-0.1, -0.05) is 13.3 Å². The molecule has 6 heteroatoms. The van der Waals surface area contributed by atoms with E-state index in [-0.39, 0.29) is 6.03 Å². The molecule has 0 aromatic heterocycles. The zero-order valence-corrected chi connectivity index (χ0v) is 12.1. The number of nitrogens with zero attached hydrogens (tertiary/aromatic N) is 1. The molecular weight excluding hydrogens is 260 g/mol. The molecule has 2 N–H and O–H groups in total. The van der Waals surface area contributed by atoms with Crippen LogP contribution >= 0.6 is 0 Å². The molecule has 6 nitrogen and oxygen atoms in total. The summed E-state index contributed by atoms with van der Waals surface area (Å²) in [7, 11) is 0. The molecule has 114 valence electrons. The number of carbonyl (C=O) groups excluding carboxylic acids is 1. The molecule has 0 aromatic carbocycles. The number of rotatable bonds is 3. The lowest BCUT2D eigenvalue weighted by atomic mass is 9.90. The quantitative estimate of drug-likeness (QED) is 0.822. The molecule has 0 spiro atoms. The van der Waals surface area contributed by atoms with Gasteiger partial charge >= 0.3 is 12.0 Å². The van der Waals surface area contributed by atoms with Crippen LogP contribution in [0.2, 0.25) is 0 Å². The molecule has 2 amide bonds. The highest BCUT2D eigenvalue weighted by Gasteiger charge is 2.42. The Balaban J connectivity index is 1.94. The number of hydrogen-bond donors (Lipinski definition) is 2. The van der Waals surface area contributed by atoms with Gasteiger partial charge in [-0.2, -0.15) is 0 Å². The lowest BCUT2D eigenvalue weighted by Gasteiger charge is -2.38. The van der Waals surface area contributed by atoms with Gasteiger partial charge in [-0.15, -0.1) is 0 Å². The fourth-order valence-electron chi connectivity index (χ4n) is 2.94. The number of ether oxygens (including phenoxy) is 1. The first-order valence-corrected chi connectivity index (χ1v) is 7.45. The van der Waals surface area contributed by atoms with E-state index in [1.54, 1.807) is 4.90 Å². The molecule has 2 aliphatic heterocycles. The van der Waals surface area contributed by atoms with Gasteiger partial charge in [0.15, 0.2) is 0 Å². The van der Waals surface area contributed by atoms with Crippen LogP contribution in [-0.4, -0.2) is 53.8 Å². The predicted molar refractivity (Wildman–Crippen MR) is 73.5 cm³/mol. The van der Waals surface area contributed by atoms with Gasteiger partial charge in [0.25, 0.3) is 0 Å². The number of urea groups is 1. The maximum atomic E-state index is 12.3. The van der Waals surface area contributed by atoms with Crippen molar-refractivity contribution in [1.29, 1.82) is 0 Å². The van der Waals surface area contributed by atoms with Crippen molar-refractivity contribution in [3.63, 3.8) is 0 Å². The second-order valence-corrected chi connectivity index (χ2v) is 5.77. The largest absolute Gasteiger partial charge is 0.480 e. The molecule has 20 heavy (non-hydrogen) atoms. The van der Waals surface area contributed by atoms with Gasteiger partial charge < -0.3 is 20.1 Å². The summed E-state index contributed by atoms with van der Waals surface area (Å²) in [6.07, 6.45) is 3.82. The number of aliphatic carboxylic acids is 1. The Morgan fingerprint density at radius 2 is 1.90 bits per heavy atom. The van der Waals surface area contributed by atoms with Crippen LogP contribution in [0, 0.1) is 5.92 Å². The number of carboxylic acids is 1. The van der Waals surface area contributed by atoms with Crippen LogP contribution < -0.4 is 5.32 Å². The van der Waals surface area contributed by atoms with Crippen molar-refractivity contribution in [2.45, 2.75) is 44.6 Å². The number of piperidine rings is 1. The molecule has 2 rings (SSSR count). The zero-order valence-electron chi connectivity index (χ0n) is 12.1. The van der Waals surface area contributed by atoms with Crippen LogP contribution in [0.1, 0.15) is 39.0 Å². The average molecular weight is 284 g/mol. The number of carbonyl (C=O) groups is 2. The van der Waals surface area contributed by atoms with Crippen LogP contribution in [0.5, 0.6) is 0 Å². The summed E-state index contributed by atoms with van der Waals surface area (Å²) < 4.78 is 5.20. The molecule has 0 atom stereocenters. The van der Waals surface area contributed by atoms with Crippen molar-refractivity contribution in [2.75, 3.05) is 26.3 Å². The van der Waals surface area contributed by atoms with E-state index in [1.807, 2.05) is 0 Å². The number of carboxylic acid groups (broad SMARTS) is 1. The summed E-state index contributed by atoms with van der Waals surface area (Å²) in [4.78, 5) is 25.5. The Morgan fingerprint density at radius 1 is 1.30 bits per heavy atom. The highest BCUT2D eigenvalue weighted by atomic mass is 16.5. The van der Waals surface area contributed by atoms with Crippen molar-refractivity contribution >= 4 is 12.0 Å². The van der Waals surface area contributed by atoms with E-state index in [9.17, 15) is 14.7 Å². The smallest absolute Gasteiger partial charge is 0.329 e. The van der Waals surface area contributed by atoms with Crippen LogP contribution in [0.15, 0.2) is 0 Å². The van der Waals surface area contributed by atoms with Crippen molar-refractivity contribution in [1.82, 2.24) is 10.2 Å². The standard InChI is InChI=1S/C14H24N2O4/c1-2-11-3-7-16(8-4-11)13(19)15-14(12(17)18)5-9-20-10-6-14/h11H,2-10H2,1H3,(H,15,19)(H,17,18). The Morgan fingerprint density at radius 3 is 2.40 bits per heavy atom. The van der Waals surface area contributed by atoms with E-state index in [4.69, 9.17) is 4.74 Å². The van der Waals surface area contributed by atoms with Crippen LogP contribution in [-0.2, 0) is 9.53 Å². The van der Waals surface area contributed by atoms with E-state index >= 15 is 0 Å². The molecule has 0 aliphatic carbocycles. The Hall–Kier alpha value is -1.30. The first-order valence-electron chi connectivity index (χ1n) is 7.45. The third kappa shape index (κ3) is 3.23. The van der Waals surface area contributed by atoms with E-state index in [1.165, 1.54) is 0 Å². The topological polar surface area (TPSA) is 78.9 Å². The normalized spacial score (nSPS) is 23.4. The molecule has 0 saturated carbocycles. The van der Waals surface area contributed by atoms with Crippen LogP contribution in [0.25, 0.3) is 0 Å². The highest BCUT2D eigenvalue weighted by molar-refractivity contribution is 5.86. The SMILES string of the molecule is CCC1CCN(C(=O)NC2(C(=O)O)CCOCC2)CC1. The number of hydrogen-bond acceptors (Lipinski definition) is 3. The van der Waals surface area contributed by atoms with Gasteiger partial charge in [-0.25, -0.2) is 9.59 Å². The van der Waals surface area contributed by atoms with Gasteiger partial charge in [0.2, 0.25) is 0 Å². The minimum absolute atomic E-state index is 0.246. The van der Waals surface area contributed by atoms with Crippen molar-refractivity contribution < 1.29 is 19.4 Å². The predicted octanol–water partition coefficient (Wildman–Crippen LogP) is 1.45. The minimum Gasteiger partial charge on any atom is -0.480 e. The van der Waals surface area contributed by atoms with E-state index in [2.05, 4.69) is 12.2 Å². The first-order chi connectivity index (χ1) is 9.57. The summed E-state index contributed by atoms with van der Waals surface area (Å²) >= 11 is 0. The summed E-state index contributed by atoms with van der Waals surface area (Å²) in [5.41, 5.74) is -1.16. The van der Waals surface area contributed by atoms with E-state index in [0.717, 1.165) is 32.4 Å². The average Bonchev–Trinajstić information content (AvgIpc) is 2.48. The summed E-state index contributed by atoms with van der Waals surface area (Å²) in [6.45, 7) is 4.36. The second-order valence-electron chi connectivity index (χ2n) is 5.77. The summed E-state index contributed by atoms with van der Waals surface area (Å²) in [5, 5.41) is 12.2. The summed E-state index contributed by atoms with van der Waals surface area (Å²) in [5.74, 6) is -0.270. The van der Waals surface area contributed by atoms with Gasteiger partial charge in [-0.05, 0) is 18.8 Å². The van der Waals surface area contributed by atoms with Gasteiger partial charge in [0.1, 0.15) is 5.54 Å². The second kappa shape index (κ2) is 6.43. The molecule has 2 fully saturated rings. The van der Waals surface area contributed by atoms with Crippen molar-refractivity contribution in [3.05, 3.63) is 0 Å². The fraction of sp³-hybridized carbons (Fsp3) is 0.857. The lowest BCUT2D eigenvalue weighted by Crippen LogP contribution is -2.60. The van der Waals surface area contributed by atoms with Gasteiger partial charge in [0, 0.05) is 39.1 Å². The number of amides is 2.